The Kier molecular flexibility index (Phi) is 10.1. The molecule has 5 nitrogen and oxygen atoms in total. The van der Waals surface area contributed by atoms with Gasteiger partial charge in [0.25, 0.3) is 0 Å². The van der Waals surface area contributed by atoms with E-state index in [1.807, 2.05) is 20.9 Å². The van der Waals surface area contributed by atoms with Crippen LogP contribution in [-0.2, 0) is 4.79 Å². The number of carbonyl (C=O) groups excluding carboxylic acids is 1. The molecular formula is C19H37IN4O. The summed E-state index contributed by atoms with van der Waals surface area (Å²) in [5.41, 5.74) is 0.512. The van der Waals surface area contributed by atoms with Crippen molar-refractivity contribution in [1.82, 2.24) is 15.5 Å². The number of hydrogen-bond donors (Lipinski definition) is 2. The first-order valence-electron chi connectivity index (χ1n) is 9.80. The van der Waals surface area contributed by atoms with Gasteiger partial charge < -0.3 is 15.5 Å². The van der Waals surface area contributed by atoms with E-state index in [2.05, 4.69) is 20.5 Å². The standard InChI is InChI=1S/C19H36N4O.HI/c1-16(2)17(24)21-12-13-22-18(20-3)23-14-8-11-19(15-23)9-6-4-5-7-10-19;/h16H,4-15H2,1-3H3,(H,20,22)(H,21,24);1H. The van der Waals surface area contributed by atoms with Crippen molar-refractivity contribution in [3.8, 4) is 0 Å². The van der Waals surface area contributed by atoms with Gasteiger partial charge in [0.1, 0.15) is 0 Å². The van der Waals surface area contributed by atoms with Gasteiger partial charge in [-0.15, -0.1) is 24.0 Å². The van der Waals surface area contributed by atoms with Crippen LogP contribution < -0.4 is 10.6 Å². The van der Waals surface area contributed by atoms with Crippen molar-refractivity contribution in [2.24, 2.45) is 16.3 Å². The summed E-state index contributed by atoms with van der Waals surface area (Å²) in [5, 5.41) is 6.39. The summed E-state index contributed by atoms with van der Waals surface area (Å²) >= 11 is 0. The first-order valence-corrected chi connectivity index (χ1v) is 9.80. The molecule has 0 atom stereocenters. The number of likely N-dealkylation sites (tertiary alicyclic amines) is 1. The molecule has 25 heavy (non-hydrogen) atoms. The minimum atomic E-state index is 0. The molecule has 0 bridgehead atoms. The van der Waals surface area contributed by atoms with Crippen molar-refractivity contribution in [2.75, 3.05) is 33.2 Å². The van der Waals surface area contributed by atoms with Crippen LogP contribution in [0.15, 0.2) is 4.99 Å². The van der Waals surface area contributed by atoms with Crippen LogP contribution in [0.4, 0.5) is 0 Å². The Morgan fingerprint density at radius 3 is 2.24 bits per heavy atom. The fourth-order valence-electron chi connectivity index (χ4n) is 4.17. The van der Waals surface area contributed by atoms with Gasteiger partial charge in [0.05, 0.1) is 0 Å². The average molecular weight is 464 g/mol. The lowest BCUT2D eigenvalue weighted by Gasteiger charge is -2.44. The zero-order chi connectivity index (χ0) is 17.4. The van der Waals surface area contributed by atoms with Crippen molar-refractivity contribution in [3.63, 3.8) is 0 Å². The van der Waals surface area contributed by atoms with Gasteiger partial charge in [0.15, 0.2) is 5.96 Å². The maximum atomic E-state index is 11.6. The minimum absolute atomic E-state index is 0. The molecule has 1 heterocycles. The minimum Gasteiger partial charge on any atom is -0.354 e. The molecule has 1 aliphatic carbocycles. The number of carbonyl (C=O) groups is 1. The van der Waals surface area contributed by atoms with E-state index < -0.39 is 0 Å². The Morgan fingerprint density at radius 1 is 1.04 bits per heavy atom. The van der Waals surface area contributed by atoms with Gasteiger partial charge in [-0.05, 0) is 31.1 Å². The molecular weight excluding hydrogens is 427 g/mol. The molecule has 1 amide bonds. The quantitative estimate of drug-likeness (QED) is 0.290. The van der Waals surface area contributed by atoms with Crippen molar-refractivity contribution >= 4 is 35.8 Å². The summed E-state index contributed by atoms with van der Waals surface area (Å²) in [6, 6.07) is 0. The molecule has 0 unspecified atom stereocenters. The average Bonchev–Trinajstić information content (AvgIpc) is 2.80. The summed E-state index contributed by atoms with van der Waals surface area (Å²) in [6.07, 6.45) is 11.0. The zero-order valence-electron chi connectivity index (χ0n) is 16.3. The highest BCUT2D eigenvalue weighted by molar-refractivity contribution is 14.0. The molecule has 1 spiro atoms. The topological polar surface area (TPSA) is 56.7 Å². The lowest BCUT2D eigenvalue weighted by Crippen LogP contribution is -2.51. The van der Waals surface area contributed by atoms with Crippen LogP contribution in [0.3, 0.4) is 0 Å². The van der Waals surface area contributed by atoms with Crippen LogP contribution in [-0.4, -0.2) is 50.0 Å². The number of piperidine rings is 1. The lowest BCUT2D eigenvalue weighted by atomic mass is 9.74. The number of aliphatic imine (C=N–C) groups is 1. The maximum Gasteiger partial charge on any atom is 0.222 e. The smallest absolute Gasteiger partial charge is 0.222 e. The van der Waals surface area contributed by atoms with E-state index in [-0.39, 0.29) is 35.8 Å². The summed E-state index contributed by atoms with van der Waals surface area (Å²) in [4.78, 5) is 18.5. The number of halogens is 1. The molecule has 0 radical (unpaired) electrons. The van der Waals surface area contributed by atoms with Gasteiger partial charge in [-0.1, -0.05) is 39.5 Å². The van der Waals surface area contributed by atoms with E-state index in [1.54, 1.807) is 0 Å². The predicted molar refractivity (Wildman–Crippen MR) is 116 cm³/mol. The summed E-state index contributed by atoms with van der Waals surface area (Å²) < 4.78 is 0. The maximum absolute atomic E-state index is 11.6. The zero-order valence-corrected chi connectivity index (χ0v) is 18.6. The van der Waals surface area contributed by atoms with Gasteiger partial charge in [-0.2, -0.15) is 0 Å². The Morgan fingerprint density at radius 2 is 1.64 bits per heavy atom. The number of amides is 1. The second-order valence-corrected chi connectivity index (χ2v) is 7.86. The molecule has 2 N–H and O–H groups in total. The first kappa shape index (κ1) is 22.5. The molecule has 2 aliphatic rings. The van der Waals surface area contributed by atoms with Crippen LogP contribution in [0.2, 0.25) is 0 Å². The number of rotatable bonds is 4. The summed E-state index contributed by atoms with van der Waals surface area (Å²) in [7, 11) is 1.86. The monoisotopic (exact) mass is 464 g/mol. The highest BCUT2D eigenvalue weighted by Gasteiger charge is 2.36. The van der Waals surface area contributed by atoms with Crippen LogP contribution in [0.1, 0.15) is 65.2 Å². The molecule has 146 valence electrons. The number of nitrogens with zero attached hydrogens (tertiary/aromatic N) is 2. The van der Waals surface area contributed by atoms with Crippen molar-refractivity contribution in [3.05, 3.63) is 0 Å². The van der Waals surface area contributed by atoms with E-state index in [9.17, 15) is 4.79 Å². The van der Waals surface area contributed by atoms with Crippen molar-refractivity contribution < 1.29 is 4.79 Å². The number of guanidine groups is 1. The lowest BCUT2D eigenvalue weighted by molar-refractivity contribution is -0.123. The van der Waals surface area contributed by atoms with E-state index in [4.69, 9.17) is 0 Å². The Labute approximate surface area is 170 Å². The molecule has 2 fully saturated rings. The number of nitrogens with one attached hydrogen (secondary N) is 2. The van der Waals surface area contributed by atoms with Crippen LogP contribution in [0.25, 0.3) is 0 Å². The largest absolute Gasteiger partial charge is 0.354 e. The highest BCUT2D eigenvalue weighted by atomic mass is 127. The molecule has 0 aromatic carbocycles. The molecule has 2 rings (SSSR count). The van der Waals surface area contributed by atoms with Crippen LogP contribution in [0, 0.1) is 11.3 Å². The molecule has 0 aromatic rings. The SMILES string of the molecule is CN=C(NCCNC(=O)C(C)C)N1CCCC2(CCCCCC2)C1.I. The Bertz CT molecular complexity index is 431. The fraction of sp³-hybridized carbons (Fsp3) is 0.895. The van der Waals surface area contributed by atoms with Gasteiger partial charge >= 0.3 is 0 Å². The fourth-order valence-corrected chi connectivity index (χ4v) is 4.17. The molecule has 1 saturated carbocycles. The van der Waals surface area contributed by atoms with Gasteiger partial charge in [-0.25, -0.2) is 0 Å². The third kappa shape index (κ3) is 6.94. The van der Waals surface area contributed by atoms with E-state index >= 15 is 0 Å². The third-order valence-corrected chi connectivity index (χ3v) is 5.57. The molecule has 0 aromatic heterocycles. The molecule has 1 saturated heterocycles. The Balaban J connectivity index is 0.00000312. The van der Waals surface area contributed by atoms with E-state index in [0.717, 1.165) is 25.6 Å². The van der Waals surface area contributed by atoms with E-state index in [1.165, 1.54) is 51.4 Å². The number of hydrogen-bond acceptors (Lipinski definition) is 2. The van der Waals surface area contributed by atoms with Gasteiger partial charge in [0, 0.05) is 39.1 Å². The Hall–Kier alpha value is -0.530. The van der Waals surface area contributed by atoms with Crippen LogP contribution in [0.5, 0.6) is 0 Å². The van der Waals surface area contributed by atoms with Crippen molar-refractivity contribution in [2.45, 2.75) is 65.2 Å². The predicted octanol–water partition coefficient (Wildman–Crippen LogP) is 3.39. The normalized spacial score (nSPS) is 20.8. The molecule has 6 heteroatoms. The summed E-state index contributed by atoms with van der Waals surface area (Å²) in [6.45, 7) is 7.46. The summed E-state index contributed by atoms with van der Waals surface area (Å²) in [5.74, 6) is 1.15. The molecule has 1 aliphatic heterocycles. The first-order chi connectivity index (χ1) is 11.6. The highest BCUT2D eigenvalue weighted by Crippen LogP contribution is 2.42. The third-order valence-electron chi connectivity index (χ3n) is 5.57. The van der Waals surface area contributed by atoms with Gasteiger partial charge in [0.2, 0.25) is 5.91 Å². The van der Waals surface area contributed by atoms with Crippen molar-refractivity contribution in [1.29, 1.82) is 0 Å². The van der Waals surface area contributed by atoms with Gasteiger partial charge in [-0.3, -0.25) is 9.79 Å². The second-order valence-electron chi connectivity index (χ2n) is 7.86. The van der Waals surface area contributed by atoms with Crippen LogP contribution >= 0.6 is 24.0 Å². The van der Waals surface area contributed by atoms with E-state index in [0.29, 0.717) is 12.0 Å². The second kappa shape index (κ2) is 11.2.